The maximum absolute atomic E-state index is 12.7. The van der Waals surface area contributed by atoms with Gasteiger partial charge >= 0.3 is 0 Å². The maximum atomic E-state index is 12.7. The number of amides is 1. The summed E-state index contributed by atoms with van der Waals surface area (Å²) in [6.45, 7) is 10.5. The molecule has 1 saturated heterocycles. The first-order valence-corrected chi connectivity index (χ1v) is 10.7. The van der Waals surface area contributed by atoms with E-state index in [0.717, 1.165) is 11.1 Å². The predicted octanol–water partition coefficient (Wildman–Crippen LogP) is 2.33. The van der Waals surface area contributed by atoms with E-state index in [1.807, 2.05) is 6.92 Å². The molecular weight excluding hydrogens is 336 g/mol. The minimum Gasteiger partial charge on any atom is -0.341 e. The van der Waals surface area contributed by atoms with Gasteiger partial charge in [0.1, 0.15) is 0 Å². The third-order valence-corrected chi connectivity index (χ3v) is 6.14. The fraction of sp³-hybridized carbons (Fsp3) is 0.632. The Morgan fingerprint density at radius 1 is 1.12 bits per heavy atom. The summed E-state index contributed by atoms with van der Waals surface area (Å²) >= 11 is 0. The Hall–Kier alpha value is -1.40. The van der Waals surface area contributed by atoms with Crippen LogP contribution in [-0.2, 0) is 26.7 Å². The molecule has 1 fully saturated rings. The highest BCUT2D eigenvalue weighted by Gasteiger charge is 2.24. The molecule has 0 atom stereocenters. The summed E-state index contributed by atoms with van der Waals surface area (Å²) in [5.41, 5.74) is 3.44. The molecule has 1 aromatic rings. The van der Waals surface area contributed by atoms with Crippen LogP contribution in [0, 0.1) is 6.92 Å². The van der Waals surface area contributed by atoms with E-state index in [0.29, 0.717) is 39.0 Å². The zero-order valence-corrected chi connectivity index (χ0v) is 16.8. The van der Waals surface area contributed by atoms with Gasteiger partial charge in [0.15, 0.2) is 0 Å². The summed E-state index contributed by atoms with van der Waals surface area (Å²) < 4.78 is 24.9. The van der Waals surface area contributed by atoms with Crippen LogP contribution in [0.5, 0.6) is 0 Å². The van der Waals surface area contributed by atoms with Crippen LogP contribution < -0.4 is 0 Å². The Kier molecular flexibility index (Phi) is 5.94. The first-order valence-electron chi connectivity index (χ1n) is 8.81. The first-order chi connectivity index (χ1) is 11.5. The average Bonchev–Trinajstić information content (AvgIpc) is 2.74. The number of hydrogen-bond acceptors (Lipinski definition) is 3. The van der Waals surface area contributed by atoms with Crippen molar-refractivity contribution in [1.29, 1.82) is 0 Å². The van der Waals surface area contributed by atoms with Crippen molar-refractivity contribution in [1.82, 2.24) is 9.21 Å². The van der Waals surface area contributed by atoms with E-state index >= 15 is 0 Å². The van der Waals surface area contributed by atoms with Crippen molar-refractivity contribution in [2.24, 2.45) is 0 Å². The van der Waals surface area contributed by atoms with Gasteiger partial charge in [-0.05, 0) is 35.4 Å². The molecular formula is C19H30N2O3S. The summed E-state index contributed by atoms with van der Waals surface area (Å²) in [5.74, 6) is 0.0736. The number of carbonyl (C=O) groups is 1. The van der Waals surface area contributed by atoms with E-state index in [9.17, 15) is 13.2 Å². The van der Waals surface area contributed by atoms with E-state index < -0.39 is 10.0 Å². The van der Waals surface area contributed by atoms with Gasteiger partial charge in [-0.1, -0.05) is 39.0 Å². The van der Waals surface area contributed by atoms with Gasteiger partial charge in [0.05, 0.1) is 12.7 Å². The van der Waals surface area contributed by atoms with Crippen LogP contribution in [-0.4, -0.2) is 56.0 Å². The molecule has 0 radical (unpaired) electrons. The molecule has 6 heteroatoms. The molecule has 0 aromatic heterocycles. The third kappa shape index (κ3) is 5.28. The van der Waals surface area contributed by atoms with Crippen molar-refractivity contribution >= 4 is 15.9 Å². The minimum absolute atomic E-state index is 0.0457. The Balaban J connectivity index is 2.10. The lowest BCUT2D eigenvalue weighted by Gasteiger charge is -2.23. The summed E-state index contributed by atoms with van der Waals surface area (Å²) in [4.78, 5) is 14.5. The molecule has 1 amide bonds. The SMILES string of the molecule is Cc1ccc(C(C)(C)C)cc1CC(=O)N1CCCN(S(C)(=O)=O)CC1. The number of sulfonamides is 1. The molecule has 0 saturated carbocycles. The largest absolute Gasteiger partial charge is 0.341 e. The van der Waals surface area contributed by atoms with Crippen LogP contribution in [0.25, 0.3) is 0 Å². The molecule has 0 N–H and O–H groups in total. The van der Waals surface area contributed by atoms with Gasteiger partial charge in [-0.15, -0.1) is 0 Å². The summed E-state index contributed by atoms with van der Waals surface area (Å²) in [6.07, 6.45) is 2.28. The van der Waals surface area contributed by atoms with Crippen molar-refractivity contribution in [2.45, 2.75) is 46.0 Å². The second-order valence-corrected chi connectivity index (χ2v) is 9.95. The molecule has 1 aliphatic rings. The lowest BCUT2D eigenvalue weighted by atomic mass is 9.85. The van der Waals surface area contributed by atoms with Gasteiger partial charge in [0.25, 0.3) is 0 Å². The summed E-state index contributed by atoms with van der Waals surface area (Å²) in [7, 11) is -3.19. The highest BCUT2D eigenvalue weighted by Crippen LogP contribution is 2.25. The van der Waals surface area contributed by atoms with Gasteiger partial charge in [0, 0.05) is 26.2 Å². The molecule has 0 unspecified atom stereocenters. The lowest BCUT2D eigenvalue weighted by Crippen LogP contribution is -2.37. The summed E-state index contributed by atoms with van der Waals surface area (Å²) in [5, 5.41) is 0. The van der Waals surface area contributed by atoms with Crippen LogP contribution in [0.1, 0.15) is 43.9 Å². The quantitative estimate of drug-likeness (QED) is 0.825. The Labute approximate surface area is 152 Å². The standard InChI is InChI=1S/C19H30N2O3S/c1-15-7-8-17(19(2,3)4)13-16(15)14-18(22)20-9-6-10-21(12-11-20)25(5,23)24/h7-8,13H,6,9-12,14H2,1-5H3. The van der Waals surface area contributed by atoms with Crippen LogP contribution >= 0.6 is 0 Å². The molecule has 1 aromatic carbocycles. The highest BCUT2D eigenvalue weighted by atomic mass is 32.2. The fourth-order valence-electron chi connectivity index (χ4n) is 3.08. The smallest absolute Gasteiger partial charge is 0.227 e. The average molecular weight is 367 g/mol. The molecule has 0 aliphatic carbocycles. The molecule has 140 valence electrons. The second-order valence-electron chi connectivity index (χ2n) is 7.96. The van der Waals surface area contributed by atoms with E-state index in [4.69, 9.17) is 0 Å². The molecule has 2 rings (SSSR count). The van der Waals surface area contributed by atoms with E-state index in [2.05, 4.69) is 39.0 Å². The lowest BCUT2D eigenvalue weighted by molar-refractivity contribution is -0.130. The number of benzene rings is 1. The van der Waals surface area contributed by atoms with Crippen molar-refractivity contribution in [3.8, 4) is 0 Å². The first kappa shape index (κ1) is 19.9. The zero-order chi connectivity index (χ0) is 18.8. The number of nitrogens with zero attached hydrogens (tertiary/aromatic N) is 2. The monoisotopic (exact) mass is 366 g/mol. The molecule has 1 aliphatic heterocycles. The van der Waals surface area contributed by atoms with Gasteiger partial charge in [-0.2, -0.15) is 0 Å². The predicted molar refractivity (Wildman–Crippen MR) is 101 cm³/mol. The van der Waals surface area contributed by atoms with Crippen LogP contribution in [0.15, 0.2) is 18.2 Å². The third-order valence-electron chi connectivity index (χ3n) is 4.83. The molecule has 5 nitrogen and oxygen atoms in total. The molecule has 0 bridgehead atoms. The molecule has 1 heterocycles. The molecule has 0 spiro atoms. The number of hydrogen-bond donors (Lipinski definition) is 0. The van der Waals surface area contributed by atoms with Crippen molar-refractivity contribution in [2.75, 3.05) is 32.4 Å². The van der Waals surface area contributed by atoms with Crippen molar-refractivity contribution < 1.29 is 13.2 Å². The van der Waals surface area contributed by atoms with E-state index in [1.165, 1.54) is 16.1 Å². The topological polar surface area (TPSA) is 57.7 Å². The second kappa shape index (κ2) is 7.46. The number of aryl methyl sites for hydroxylation is 1. The Morgan fingerprint density at radius 2 is 1.80 bits per heavy atom. The van der Waals surface area contributed by atoms with E-state index in [1.54, 1.807) is 4.90 Å². The maximum Gasteiger partial charge on any atom is 0.227 e. The van der Waals surface area contributed by atoms with E-state index in [-0.39, 0.29) is 11.3 Å². The van der Waals surface area contributed by atoms with Gasteiger partial charge in [0.2, 0.25) is 15.9 Å². The Bertz CT molecular complexity index is 736. The van der Waals surface area contributed by atoms with Crippen molar-refractivity contribution in [3.63, 3.8) is 0 Å². The van der Waals surface area contributed by atoms with Crippen LogP contribution in [0.2, 0.25) is 0 Å². The van der Waals surface area contributed by atoms with Crippen LogP contribution in [0.4, 0.5) is 0 Å². The highest BCUT2D eigenvalue weighted by molar-refractivity contribution is 7.88. The summed E-state index contributed by atoms with van der Waals surface area (Å²) in [6, 6.07) is 6.34. The number of carbonyl (C=O) groups excluding carboxylic acids is 1. The molecule has 25 heavy (non-hydrogen) atoms. The van der Waals surface area contributed by atoms with Crippen molar-refractivity contribution in [3.05, 3.63) is 34.9 Å². The Morgan fingerprint density at radius 3 is 2.40 bits per heavy atom. The van der Waals surface area contributed by atoms with Gasteiger partial charge < -0.3 is 4.90 Å². The fourth-order valence-corrected chi connectivity index (χ4v) is 3.95. The zero-order valence-electron chi connectivity index (χ0n) is 16.0. The normalized spacial score (nSPS) is 17.4. The van der Waals surface area contributed by atoms with Gasteiger partial charge in [-0.25, -0.2) is 12.7 Å². The van der Waals surface area contributed by atoms with Gasteiger partial charge in [-0.3, -0.25) is 4.79 Å². The van der Waals surface area contributed by atoms with Crippen LogP contribution in [0.3, 0.4) is 0 Å². The minimum atomic E-state index is -3.19. The number of rotatable bonds is 3.